The molecule has 1 aromatic carbocycles. The van der Waals surface area contributed by atoms with E-state index in [4.69, 9.17) is 4.74 Å². The number of ether oxygens (including phenoxy) is 1. The molecule has 0 spiro atoms. The lowest BCUT2D eigenvalue weighted by molar-refractivity contribution is 0.0529. The molecule has 4 nitrogen and oxygen atoms in total. The Balaban J connectivity index is 1.89. The number of fused-ring (bicyclic) bond motifs is 1. The van der Waals surface area contributed by atoms with Gasteiger partial charge in [0.15, 0.2) is 0 Å². The first kappa shape index (κ1) is 15.7. The minimum atomic E-state index is -0.448. The highest BCUT2D eigenvalue weighted by atomic mass is 16.6. The van der Waals surface area contributed by atoms with Gasteiger partial charge in [0.2, 0.25) is 0 Å². The van der Waals surface area contributed by atoms with Gasteiger partial charge in [0.1, 0.15) is 5.60 Å². The van der Waals surface area contributed by atoms with E-state index >= 15 is 0 Å². The number of alkyl carbamates (subject to hydrolysis) is 1. The van der Waals surface area contributed by atoms with Crippen molar-refractivity contribution in [2.75, 3.05) is 24.5 Å². The molecule has 0 aromatic heterocycles. The number of nitrogens with zero attached hydrogens (tertiary/aromatic N) is 1. The Hall–Kier alpha value is -1.71. The molecule has 1 aliphatic rings. The van der Waals surface area contributed by atoms with E-state index < -0.39 is 5.60 Å². The highest BCUT2D eigenvalue weighted by molar-refractivity contribution is 5.68. The summed E-state index contributed by atoms with van der Waals surface area (Å²) in [5.41, 5.74) is 3.52. The molecule has 0 saturated carbocycles. The lowest BCUT2D eigenvalue weighted by atomic mass is 10.0. The van der Waals surface area contributed by atoms with E-state index in [1.165, 1.54) is 16.8 Å². The van der Waals surface area contributed by atoms with Crippen LogP contribution in [0, 0.1) is 6.92 Å². The second-order valence-corrected chi connectivity index (χ2v) is 6.84. The zero-order valence-corrected chi connectivity index (χ0v) is 13.7. The fourth-order valence-corrected chi connectivity index (χ4v) is 2.69. The fraction of sp³-hybridized carbons (Fsp3) is 0.588. The van der Waals surface area contributed by atoms with Crippen LogP contribution < -0.4 is 10.2 Å². The Labute approximate surface area is 127 Å². The highest BCUT2D eigenvalue weighted by Gasteiger charge is 2.25. The van der Waals surface area contributed by atoms with Gasteiger partial charge in [-0.05, 0) is 44.9 Å². The number of benzene rings is 1. The number of carbonyl (C=O) groups excluding carboxylic acids is 1. The molecule has 1 heterocycles. The van der Waals surface area contributed by atoms with Crippen molar-refractivity contribution in [2.45, 2.75) is 46.1 Å². The molecule has 1 aliphatic heterocycles. The van der Waals surface area contributed by atoms with E-state index in [9.17, 15) is 4.79 Å². The molecule has 0 bridgehead atoms. The summed E-state index contributed by atoms with van der Waals surface area (Å²) in [4.78, 5) is 14.0. The number of anilines is 1. The molecule has 0 fully saturated rings. The molecule has 116 valence electrons. The summed E-state index contributed by atoms with van der Waals surface area (Å²) in [6.07, 6.45) is -0.348. The van der Waals surface area contributed by atoms with Crippen LogP contribution in [0.3, 0.4) is 0 Å². The van der Waals surface area contributed by atoms with E-state index in [-0.39, 0.29) is 6.09 Å². The summed E-state index contributed by atoms with van der Waals surface area (Å²) in [7, 11) is 0. The SMILES string of the molecule is Cc1ccc2c(c1)N(CCNC(=O)OC(C)(C)C)CC2C. The van der Waals surface area contributed by atoms with Crippen molar-refractivity contribution in [1.82, 2.24) is 5.32 Å². The Kier molecular flexibility index (Phi) is 4.45. The summed E-state index contributed by atoms with van der Waals surface area (Å²) in [6, 6.07) is 6.61. The first-order chi connectivity index (χ1) is 9.76. The van der Waals surface area contributed by atoms with Gasteiger partial charge in [-0.1, -0.05) is 19.1 Å². The summed E-state index contributed by atoms with van der Waals surface area (Å²) < 4.78 is 5.24. The number of amides is 1. The molecule has 1 N–H and O–H groups in total. The maximum absolute atomic E-state index is 11.6. The van der Waals surface area contributed by atoms with Crippen molar-refractivity contribution in [1.29, 1.82) is 0 Å². The van der Waals surface area contributed by atoms with E-state index in [2.05, 4.69) is 42.3 Å². The topological polar surface area (TPSA) is 41.6 Å². The van der Waals surface area contributed by atoms with Crippen LogP contribution >= 0.6 is 0 Å². The van der Waals surface area contributed by atoms with E-state index in [0.717, 1.165) is 13.1 Å². The van der Waals surface area contributed by atoms with Crippen LogP contribution in [0.1, 0.15) is 44.7 Å². The smallest absolute Gasteiger partial charge is 0.407 e. The van der Waals surface area contributed by atoms with E-state index in [0.29, 0.717) is 12.5 Å². The number of aryl methyl sites for hydroxylation is 1. The van der Waals surface area contributed by atoms with Gasteiger partial charge >= 0.3 is 6.09 Å². The first-order valence-corrected chi connectivity index (χ1v) is 7.58. The van der Waals surface area contributed by atoms with Crippen molar-refractivity contribution in [3.05, 3.63) is 29.3 Å². The van der Waals surface area contributed by atoms with Gasteiger partial charge < -0.3 is 15.0 Å². The number of nitrogens with one attached hydrogen (secondary N) is 1. The van der Waals surface area contributed by atoms with Crippen molar-refractivity contribution in [3.8, 4) is 0 Å². The minimum absolute atomic E-state index is 0.348. The van der Waals surface area contributed by atoms with Gasteiger partial charge in [0.05, 0.1) is 0 Å². The average Bonchev–Trinajstić information content (AvgIpc) is 2.63. The van der Waals surface area contributed by atoms with Crippen LogP contribution in [0.2, 0.25) is 0 Å². The van der Waals surface area contributed by atoms with Crippen molar-refractivity contribution >= 4 is 11.8 Å². The largest absolute Gasteiger partial charge is 0.444 e. The van der Waals surface area contributed by atoms with Crippen molar-refractivity contribution in [2.24, 2.45) is 0 Å². The van der Waals surface area contributed by atoms with Gasteiger partial charge in [-0.25, -0.2) is 4.79 Å². The summed E-state index contributed by atoms with van der Waals surface area (Å²) in [6.45, 7) is 12.4. The second-order valence-electron chi connectivity index (χ2n) is 6.84. The molecule has 1 aromatic rings. The van der Waals surface area contributed by atoms with Gasteiger partial charge in [-0.3, -0.25) is 0 Å². The Morgan fingerprint density at radius 1 is 1.43 bits per heavy atom. The zero-order valence-electron chi connectivity index (χ0n) is 13.7. The van der Waals surface area contributed by atoms with Crippen LogP contribution in [0.15, 0.2) is 18.2 Å². The van der Waals surface area contributed by atoms with Crippen LogP contribution in [-0.2, 0) is 4.74 Å². The molecule has 1 unspecified atom stereocenters. The number of hydrogen-bond donors (Lipinski definition) is 1. The summed E-state index contributed by atoms with van der Waals surface area (Å²) >= 11 is 0. The number of carbonyl (C=O) groups is 1. The molecular weight excluding hydrogens is 264 g/mol. The molecular formula is C17H26N2O2. The van der Waals surface area contributed by atoms with Crippen LogP contribution in [0.25, 0.3) is 0 Å². The predicted molar refractivity (Wildman–Crippen MR) is 86.0 cm³/mol. The Morgan fingerprint density at radius 2 is 2.14 bits per heavy atom. The molecule has 1 amide bonds. The van der Waals surface area contributed by atoms with E-state index in [1.807, 2.05) is 20.8 Å². The maximum Gasteiger partial charge on any atom is 0.407 e. The highest BCUT2D eigenvalue weighted by Crippen LogP contribution is 2.36. The lowest BCUT2D eigenvalue weighted by Crippen LogP contribution is -2.37. The number of hydrogen-bond acceptors (Lipinski definition) is 3. The molecule has 2 rings (SSSR count). The average molecular weight is 290 g/mol. The normalized spacial score (nSPS) is 17.6. The van der Waals surface area contributed by atoms with Crippen molar-refractivity contribution < 1.29 is 9.53 Å². The zero-order chi connectivity index (χ0) is 15.6. The van der Waals surface area contributed by atoms with Gasteiger partial charge in [-0.15, -0.1) is 0 Å². The number of rotatable bonds is 3. The second kappa shape index (κ2) is 5.96. The summed E-state index contributed by atoms with van der Waals surface area (Å²) in [5.74, 6) is 0.544. The van der Waals surface area contributed by atoms with E-state index in [1.54, 1.807) is 0 Å². The summed E-state index contributed by atoms with van der Waals surface area (Å²) in [5, 5.41) is 2.82. The monoisotopic (exact) mass is 290 g/mol. The first-order valence-electron chi connectivity index (χ1n) is 7.58. The molecule has 1 atom stereocenters. The van der Waals surface area contributed by atoms with Crippen molar-refractivity contribution in [3.63, 3.8) is 0 Å². The maximum atomic E-state index is 11.6. The third-order valence-corrected chi connectivity index (χ3v) is 3.60. The van der Waals surface area contributed by atoms with Crippen LogP contribution in [0.4, 0.5) is 10.5 Å². The molecule has 0 radical (unpaired) electrons. The fourth-order valence-electron chi connectivity index (χ4n) is 2.69. The molecule has 0 saturated heterocycles. The Bertz CT molecular complexity index is 520. The molecule has 21 heavy (non-hydrogen) atoms. The third kappa shape index (κ3) is 4.13. The Morgan fingerprint density at radius 3 is 2.81 bits per heavy atom. The van der Waals surface area contributed by atoms with Gasteiger partial charge in [-0.2, -0.15) is 0 Å². The van der Waals surface area contributed by atoms with Crippen LogP contribution in [-0.4, -0.2) is 31.3 Å². The predicted octanol–water partition coefficient (Wildman–Crippen LogP) is 3.44. The van der Waals surface area contributed by atoms with Gasteiger partial charge in [0, 0.05) is 31.2 Å². The lowest BCUT2D eigenvalue weighted by Gasteiger charge is -2.22. The van der Waals surface area contributed by atoms with Gasteiger partial charge in [0.25, 0.3) is 0 Å². The minimum Gasteiger partial charge on any atom is -0.444 e. The standard InChI is InChI=1S/C17H26N2O2/c1-12-6-7-14-13(2)11-19(15(14)10-12)9-8-18-16(20)21-17(3,4)5/h6-7,10,13H,8-9,11H2,1-5H3,(H,18,20). The third-order valence-electron chi connectivity index (χ3n) is 3.60. The quantitative estimate of drug-likeness (QED) is 0.927. The molecule has 4 heteroatoms. The molecule has 0 aliphatic carbocycles. The van der Waals surface area contributed by atoms with Crippen LogP contribution in [0.5, 0.6) is 0 Å².